The first kappa shape index (κ1) is 24.6. The average Bonchev–Trinajstić information content (AvgIpc) is 3.62. The van der Waals surface area contributed by atoms with Gasteiger partial charge in [-0.15, -0.1) is 0 Å². The average molecular weight is 496 g/mol. The minimum atomic E-state index is 0.125. The van der Waals surface area contributed by atoms with Gasteiger partial charge in [0.25, 0.3) is 5.91 Å². The summed E-state index contributed by atoms with van der Waals surface area (Å²) in [4.78, 5) is 20.3. The normalized spacial score (nSPS) is 23.3. The third-order valence-electron chi connectivity index (χ3n) is 8.44. The summed E-state index contributed by atoms with van der Waals surface area (Å²) >= 11 is 6.00. The van der Waals surface area contributed by atoms with E-state index in [2.05, 4.69) is 47.6 Å². The summed E-state index contributed by atoms with van der Waals surface area (Å²) in [5.41, 5.74) is 4.67. The summed E-state index contributed by atoms with van der Waals surface area (Å²) in [6, 6.07) is 12.7. The molecule has 3 atom stereocenters. The van der Waals surface area contributed by atoms with E-state index in [-0.39, 0.29) is 11.9 Å². The van der Waals surface area contributed by atoms with Crippen LogP contribution in [0.2, 0.25) is 5.02 Å². The number of amides is 1. The number of nitrogens with zero attached hydrogens (tertiary/aromatic N) is 3. The fourth-order valence-electron chi connectivity index (χ4n) is 6.26. The van der Waals surface area contributed by atoms with Crippen LogP contribution in [0.5, 0.6) is 5.75 Å². The first-order valence-electron chi connectivity index (χ1n) is 13.2. The Hall–Kier alpha value is -2.08. The first-order chi connectivity index (χ1) is 16.9. The van der Waals surface area contributed by atoms with Gasteiger partial charge in [0.05, 0.1) is 6.61 Å². The highest BCUT2D eigenvalue weighted by molar-refractivity contribution is 6.30. The van der Waals surface area contributed by atoms with Crippen LogP contribution >= 0.6 is 11.6 Å². The van der Waals surface area contributed by atoms with E-state index in [9.17, 15) is 4.79 Å². The van der Waals surface area contributed by atoms with E-state index in [0.717, 1.165) is 50.4 Å². The number of likely N-dealkylation sites (tertiary alicyclic amines) is 3. The molecule has 0 aliphatic carbocycles. The van der Waals surface area contributed by atoms with E-state index >= 15 is 0 Å². The van der Waals surface area contributed by atoms with Crippen LogP contribution in [0.25, 0.3) is 0 Å². The van der Waals surface area contributed by atoms with Crippen molar-refractivity contribution in [2.45, 2.75) is 64.6 Å². The summed E-state index contributed by atoms with van der Waals surface area (Å²) in [6.45, 7) is 12.9. The molecule has 5 nitrogen and oxygen atoms in total. The molecular formula is C29H38ClN3O2. The van der Waals surface area contributed by atoms with Gasteiger partial charge in [-0.05, 0) is 107 Å². The molecule has 6 heteroatoms. The topological polar surface area (TPSA) is 36.0 Å². The molecule has 0 radical (unpaired) electrons. The third-order valence-corrected chi connectivity index (χ3v) is 8.69. The first-order valence-corrected chi connectivity index (χ1v) is 13.6. The molecule has 2 aromatic rings. The van der Waals surface area contributed by atoms with Crippen molar-refractivity contribution in [2.24, 2.45) is 0 Å². The van der Waals surface area contributed by atoms with Crippen LogP contribution in [-0.4, -0.2) is 72.0 Å². The highest BCUT2D eigenvalue weighted by atomic mass is 35.5. The molecule has 0 saturated carbocycles. The number of halogens is 1. The van der Waals surface area contributed by atoms with Crippen molar-refractivity contribution in [1.29, 1.82) is 0 Å². The van der Waals surface area contributed by atoms with E-state index in [1.54, 1.807) is 12.1 Å². The van der Waals surface area contributed by atoms with E-state index in [0.29, 0.717) is 17.1 Å². The minimum Gasteiger partial charge on any atom is -0.493 e. The summed E-state index contributed by atoms with van der Waals surface area (Å²) in [5.74, 6) is 1.14. The fourth-order valence-corrected chi connectivity index (χ4v) is 6.39. The zero-order chi connectivity index (χ0) is 24.5. The Labute approximate surface area is 215 Å². The van der Waals surface area contributed by atoms with Gasteiger partial charge in [0, 0.05) is 48.3 Å². The number of benzene rings is 2. The maximum Gasteiger partial charge on any atom is 0.254 e. The molecule has 0 N–H and O–H groups in total. The van der Waals surface area contributed by atoms with Crippen molar-refractivity contribution in [1.82, 2.24) is 14.7 Å². The Morgan fingerprint density at radius 2 is 1.77 bits per heavy atom. The maximum absolute atomic E-state index is 13.1. The Bertz CT molecular complexity index is 1050. The molecular weight excluding hydrogens is 458 g/mol. The zero-order valence-electron chi connectivity index (χ0n) is 21.3. The minimum absolute atomic E-state index is 0.125. The number of rotatable bonds is 8. The fraction of sp³-hybridized carbons (Fsp3) is 0.552. The molecule has 3 heterocycles. The maximum atomic E-state index is 13.1. The van der Waals surface area contributed by atoms with Crippen LogP contribution in [-0.2, 0) is 0 Å². The van der Waals surface area contributed by atoms with Gasteiger partial charge in [-0.1, -0.05) is 17.7 Å². The lowest BCUT2D eigenvalue weighted by molar-refractivity contribution is 0.0569. The summed E-state index contributed by atoms with van der Waals surface area (Å²) in [5, 5.41) is 0.661. The second-order valence-electron chi connectivity index (χ2n) is 10.5. The van der Waals surface area contributed by atoms with Crippen LogP contribution in [0.3, 0.4) is 0 Å². The summed E-state index contributed by atoms with van der Waals surface area (Å²) < 4.78 is 6.18. The number of carbonyl (C=O) groups is 1. The second kappa shape index (κ2) is 10.5. The standard InChI is InChI=1S/C29H38ClN3O2/c1-20-21(2)28(35-16-6-15-31-13-4-5-14-31)12-11-27(20)22(3)32-18-26-17-25(32)19-33(26)29(34)23-7-9-24(30)10-8-23/h7-12,22,25-26H,4-6,13-19H2,1-3H3/t22-,25+,26+/m0/s1. The number of ether oxygens (including phenoxy) is 1. The van der Waals surface area contributed by atoms with Crippen LogP contribution in [0.15, 0.2) is 36.4 Å². The van der Waals surface area contributed by atoms with E-state index in [4.69, 9.17) is 16.3 Å². The summed E-state index contributed by atoms with van der Waals surface area (Å²) in [7, 11) is 0. The monoisotopic (exact) mass is 495 g/mol. The molecule has 3 fully saturated rings. The molecule has 0 aromatic heterocycles. The molecule has 1 amide bonds. The Kier molecular flexibility index (Phi) is 7.38. The zero-order valence-corrected chi connectivity index (χ0v) is 22.1. The largest absolute Gasteiger partial charge is 0.493 e. The van der Waals surface area contributed by atoms with Crippen molar-refractivity contribution >= 4 is 17.5 Å². The third kappa shape index (κ3) is 5.09. The van der Waals surface area contributed by atoms with E-state index < -0.39 is 0 Å². The van der Waals surface area contributed by atoms with Crippen LogP contribution in [0.4, 0.5) is 0 Å². The lowest BCUT2D eigenvalue weighted by Crippen LogP contribution is -2.49. The number of carbonyl (C=O) groups excluding carboxylic acids is 1. The highest BCUT2D eigenvalue weighted by Gasteiger charge is 2.47. The van der Waals surface area contributed by atoms with Crippen molar-refractivity contribution in [2.75, 3.05) is 39.3 Å². The van der Waals surface area contributed by atoms with Gasteiger partial charge in [0.15, 0.2) is 0 Å². The van der Waals surface area contributed by atoms with Crippen LogP contribution < -0.4 is 4.74 Å². The second-order valence-corrected chi connectivity index (χ2v) is 11.0. The predicted octanol–water partition coefficient (Wildman–Crippen LogP) is 5.48. The molecule has 5 rings (SSSR count). The van der Waals surface area contributed by atoms with Crippen molar-refractivity contribution in [3.63, 3.8) is 0 Å². The van der Waals surface area contributed by atoms with Gasteiger partial charge < -0.3 is 14.5 Å². The van der Waals surface area contributed by atoms with Crippen molar-refractivity contribution < 1.29 is 9.53 Å². The van der Waals surface area contributed by atoms with E-state index in [1.807, 2.05) is 12.1 Å². The molecule has 3 aliphatic heterocycles. The van der Waals surface area contributed by atoms with Gasteiger partial charge in [-0.25, -0.2) is 0 Å². The molecule has 0 unspecified atom stereocenters. The van der Waals surface area contributed by atoms with Gasteiger partial charge >= 0.3 is 0 Å². The number of hydrogen-bond donors (Lipinski definition) is 0. The Morgan fingerprint density at radius 3 is 2.46 bits per heavy atom. The predicted molar refractivity (Wildman–Crippen MR) is 142 cm³/mol. The van der Waals surface area contributed by atoms with Crippen LogP contribution in [0, 0.1) is 13.8 Å². The molecule has 188 valence electrons. The van der Waals surface area contributed by atoms with Gasteiger partial charge in [-0.3, -0.25) is 9.69 Å². The quantitative estimate of drug-likeness (QED) is 0.454. The molecule has 35 heavy (non-hydrogen) atoms. The molecule has 3 saturated heterocycles. The number of fused-ring (bicyclic) bond motifs is 2. The Morgan fingerprint density at radius 1 is 1.03 bits per heavy atom. The van der Waals surface area contributed by atoms with Crippen molar-refractivity contribution in [3.8, 4) is 5.75 Å². The number of piperazine rings is 1. The smallest absolute Gasteiger partial charge is 0.254 e. The van der Waals surface area contributed by atoms with Gasteiger partial charge in [-0.2, -0.15) is 0 Å². The molecule has 0 spiro atoms. The number of hydrogen-bond acceptors (Lipinski definition) is 4. The summed E-state index contributed by atoms with van der Waals surface area (Å²) in [6.07, 6.45) is 4.82. The SMILES string of the molecule is Cc1c(OCCCN2CCCC2)ccc([C@H](C)N2C[C@H]3C[C@@H]2CN3C(=O)c2ccc(Cl)cc2)c1C. The lowest BCUT2D eigenvalue weighted by Gasteiger charge is -2.38. The van der Waals surface area contributed by atoms with Gasteiger partial charge in [0.2, 0.25) is 0 Å². The van der Waals surface area contributed by atoms with Crippen molar-refractivity contribution in [3.05, 3.63) is 63.7 Å². The highest BCUT2D eigenvalue weighted by Crippen LogP contribution is 2.39. The molecule has 2 bridgehead atoms. The van der Waals surface area contributed by atoms with Gasteiger partial charge in [0.1, 0.15) is 5.75 Å². The molecule has 2 aromatic carbocycles. The Balaban J connectivity index is 1.18. The van der Waals surface area contributed by atoms with E-state index in [1.165, 1.54) is 42.6 Å². The van der Waals surface area contributed by atoms with Crippen LogP contribution in [0.1, 0.15) is 65.7 Å². The molecule has 3 aliphatic rings. The lowest BCUT2D eigenvalue weighted by atomic mass is 9.96.